The lowest BCUT2D eigenvalue weighted by molar-refractivity contribution is -0.927. The Hall–Kier alpha value is -0.0400. The van der Waals surface area contributed by atoms with Gasteiger partial charge >= 0.3 is 0 Å². The van der Waals surface area contributed by atoms with Crippen LogP contribution in [0.25, 0.3) is 0 Å². The van der Waals surface area contributed by atoms with E-state index in [2.05, 4.69) is 13.8 Å². The zero-order valence-corrected chi connectivity index (χ0v) is 10.7. The highest BCUT2D eigenvalue weighted by Crippen LogP contribution is 2.29. The van der Waals surface area contributed by atoms with Crippen molar-refractivity contribution in [3.8, 4) is 0 Å². The lowest BCUT2D eigenvalue weighted by Gasteiger charge is -2.37. The number of hydrogen-bond acceptors (Lipinski definition) is 0. The first kappa shape index (κ1) is 11.4. The number of hydrogen-bond donors (Lipinski definition) is 0. The minimum atomic E-state index is 0.964. The second kappa shape index (κ2) is 4.86. The van der Waals surface area contributed by atoms with Crippen molar-refractivity contribution in [2.75, 3.05) is 26.2 Å². The van der Waals surface area contributed by atoms with Gasteiger partial charge in [-0.1, -0.05) is 13.8 Å². The lowest BCUT2D eigenvalue weighted by atomic mass is 9.92. The van der Waals surface area contributed by atoms with Gasteiger partial charge in [0, 0.05) is 0 Å². The molecule has 2 unspecified atom stereocenters. The van der Waals surface area contributed by atoms with Gasteiger partial charge in [-0.15, -0.1) is 0 Å². The molecule has 2 aliphatic heterocycles. The van der Waals surface area contributed by atoms with Crippen molar-refractivity contribution in [2.24, 2.45) is 11.8 Å². The van der Waals surface area contributed by atoms with Crippen LogP contribution in [0.4, 0.5) is 0 Å². The first-order valence-electron chi connectivity index (χ1n) is 7.07. The molecule has 1 spiro atoms. The summed E-state index contributed by atoms with van der Waals surface area (Å²) in [5, 5.41) is 0. The van der Waals surface area contributed by atoms with Crippen LogP contribution >= 0.6 is 0 Å². The monoisotopic (exact) mass is 210 g/mol. The van der Waals surface area contributed by atoms with Crippen LogP contribution < -0.4 is 0 Å². The Kier molecular flexibility index (Phi) is 3.71. The molecular weight excluding hydrogens is 182 g/mol. The molecule has 2 fully saturated rings. The van der Waals surface area contributed by atoms with Gasteiger partial charge in [-0.2, -0.15) is 0 Å². The van der Waals surface area contributed by atoms with Gasteiger partial charge in [0.05, 0.1) is 26.2 Å². The fourth-order valence-electron chi connectivity index (χ4n) is 3.44. The number of rotatable bonds is 0. The van der Waals surface area contributed by atoms with Crippen LogP contribution in [0.5, 0.6) is 0 Å². The van der Waals surface area contributed by atoms with E-state index < -0.39 is 0 Å². The molecule has 0 aromatic rings. The molecular formula is C14H28N+. The minimum Gasteiger partial charge on any atom is -0.324 e. The molecule has 0 aromatic heterocycles. The van der Waals surface area contributed by atoms with E-state index in [9.17, 15) is 0 Å². The van der Waals surface area contributed by atoms with E-state index in [1.54, 1.807) is 0 Å². The normalized spacial score (nSPS) is 37.2. The molecule has 0 amide bonds. The van der Waals surface area contributed by atoms with Gasteiger partial charge in [-0.05, 0) is 50.4 Å². The molecule has 0 saturated carbocycles. The molecule has 0 N–H and O–H groups in total. The highest BCUT2D eigenvalue weighted by atomic mass is 15.3. The first-order valence-corrected chi connectivity index (χ1v) is 7.07. The van der Waals surface area contributed by atoms with Gasteiger partial charge in [0.2, 0.25) is 0 Å². The summed E-state index contributed by atoms with van der Waals surface area (Å²) in [5.41, 5.74) is 0. The van der Waals surface area contributed by atoms with Crippen molar-refractivity contribution in [1.29, 1.82) is 0 Å². The Morgan fingerprint density at radius 1 is 0.667 bits per heavy atom. The molecule has 15 heavy (non-hydrogen) atoms. The number of nitrogens with zero attached hydrogens (tertiary/aromatic N) is 1. The lowest BCUT2D eigenvalue weighted by Crippen LogP contribution is -2.49. The topological polar surface area (TPSA) is 0 Å². The van der Waals surface area contributed by atoms with Gasteiger partial charge in [-0.3, -0.25) is 0 Å². The van der Waals surface area contributed by atoms with Crippen LogP contribution in [0, 0.1) is 11.8 Å². The van der Waals surface area contributed by atoms with Crippen LogP contribution in [-0.4, -0.2) is 30.7 Å². The predicted molar refractivity (Wildman–Crippen MR) is 65.8 cm³/mol. The summed E-state index contributed by atoms with van der Waals surface area (Å²) >= 11 is 0. The zero-order valence-electron chi connectivity index (χ0n) is 10.7. The standard InChI is InChI=1S/C14H28N/c1-13-7-11-15(12-8-14(13)2)9-5-3-4-6-10-15/h13-14H,3-12H2,1-2H3/q+1. The summed E-state index contributed by atoms with van der Waals surface area (Å²) < 4.78 is 1.48. The van der Waals surface area contributed by atoms with E-state index >= 15 is 0 Å². The number of quaternary nitrogens is 1. The van der Waals surface area contributed by atoms with Crippen molar-refractivity contribution in [2.45, 2.75) is 52.4 Å². The molecule has 88 valence electrons. The van der Waals surface area contributed by atoms with Crippen LogP contribution in [0.3, 0.4) is 0 Å². The Labute approximate surface area is 95.4 Å². The van der Waals surface area contributed by atoms with Crippen LogP contribution in [0.2, 0.25) is 0 Å². The van der Waals surface area contributed by atoms with Gasteiger partial charge in [0.25, 0.3) is 0 Å². The maximum atomic E-state index is 2.46. The molecule has 0 aromatic carbocycles. The molecule has 0 bridgehead atoms. The molecule has 0 aliphatic carbocycles. The van der Waals surface area contributed by atoms with E-state index in [0.29, 0.717) is 0 Å². The van der Waals surface area contributed by atoms with E-state index in [0.717, 1.165) is 11.8 Å². The third kappa shape index (κ3) is 2.75. The summed E-state index contributed by atoms with van der Waals surface area (Å²) in [7, 11) is 0. The molecule has 1 heteroatoms. The third-order valence-electron chi connectivity index (χ3n) is 5.10. The Balaban J connectivity index is 2.00. The smallest absolute Gasteiger partial charge is 0.0789 e. The van der Waals surface area contributed by atoms with E-state index in [-0.39, 0.29) is 0 Å². The highest BCUT2D eigenvalue weighted by molar-refractivity contribution is 4.67. The van der Waals surface area contributed by atoms with Crippen LogP contribution in [0.15, 0.2) is 0 Å². The maximum Gasteiger partial charge on any atom is 0.0789 e. The quantitative estimate of drug-likeness (QED) is 0.537. The molecule has 2 saturated heterocycles. The summed E-state index contributed by atoms with van der Waals surface area (Å²) in [6, 6.07) is 0. The summed E-state index contributed by atoms with van der Waals surface area (Å²) in [5.74, 6) is 1.93. The van der Waals surface area contributed by atoms with Gasteiger partial charge in [0.1, 0.15) is 0 Å². The van der Waals surface area contributed by atoms with E-state index in [1.807, 2.05) is 0 Å². The SMILES string of the molecule is CC1CC[N+]2(CCCCCC2)CCC1C. The van der Waals surface area contributed by atoms with Gasteiger partial charge < -0.3 is 4.48 Å². The Bertz CT molecular complexity index is 178. The van der Waals surface area contributed by atoms with Crippen molar-refractivity contribution >= 4 is 0 Å². The van der Waals surface area contributed by atoms with Gasteiger partial charge in [-0.25, -0.2) is 0 Å². The predicted octanol–water partition coefficient (Wildman–Crippen LogP) is 3.44. The molecule has 1 nitrogen and oxygen atoms in total. The van der Waals surface area contributed by atoms with E-state index in [4.69, 9.17) is 0 Å². The summed E-state index contributed by atoms with van der Waals surface area (Å²) in [6.07, 6.45) is 8.91. The first-order chi connectivity index (χ1) is 7.22. The molecule has 2 aliphatic rings. The summed E-state index contributed by atoms with van der Waals surface area (Å²) in [6.45, 7) is 10.9. The average Bonchev–Trinajstić information content (AvgIpc) is 2.55. The van der Waals surface area contributed by atoms with Crippen molar-refractivity contribution in [3.05, 3.63) is 0 Å². The van der Waals surface area contributed by atoms with Crippen molar-refractivity contribution in [3.63, 3.8) is 0 Å². The fourth-order valence-corrected chi connectivity index (χ4v) is 3.44. The molecule has 0 radical (unpaired) electrons. The second-order valence-electron chi connectivity index (χ2n) is 6.18. The third-order valence-corrected chi connectivity index (χ3v) is 5.10. The zero-order chi connectivity index (χ0) is 10.7. The van der Waals surface area contributed by atoms with Crippen molar-refractivity contribution < 1.29 is 4.48 Å². The molecule has 2 rings (SSSR count). The molecule has 2 atom stereocenters. The van der Waals surface area contributed by atoms with Crippen LogP contribution in [-0.2, 0) is 0 Å². The maximum absolute atomic E-state index is 2.46. The Morgan fingerprint density at radius 3 is 1.60 bits per heavy atom. The minimum absolute atomic E-state index is 0.964. The second-order valence-corrected chi connectivity index (χ2v) is 6.18. The van der Waals surface area contributed by atoms with Gasteiger partial charge in [0.15, 0.2) is 0 Å². The summed E-state index contributed by atoms with van der Waals surface area (Å²) in [4.78, 5) is 0. The van der Waals surface area contributed by atoms with Crippen LogP contribution in [0.1, 0.15) is 52.4 Å². The molecule has 2 heterocycles. The Morgan fingerprint density at radius 2 is 1.13 bits per heavy atom. The fraction of sp³-hybridized carbons (Fsp3) is 1.00. The average molecular weight is 210 g/mol. The van der Waals surface area contributed by atoms with E-state index in [1.165, 1.54) is 69.2 Å². The largest absolute Gasteiger partial charge is 0.324 e. The van der Waals surface area contributed by atoms with Crippen molar-refractivity contribution in [1.82, 2.24) is 0 Å². The highest BCUT2D eigenvalue weighted by Gasteiger charge is 2.33.